The van der Waals surface area contributed by atoms with Crippen LogP contribution in [-0.4, -0.2) is 43.3 Å². The smallest absolute Gasteiger partial charge is 0.824 e. The van der Waals surface area contributed by atoms with Gasteiger partial charge in [-0.15, -0.1) is 11.3 Å². The van der Waals surface area contributed by atoms with E-state index < -0.39 is 35.4 Å². The Kier molecular flexibility index (Phi) is 8.39. The van der Waals surface area contributed by atoms with Crippen molar-refractivity contribution in [3.05, 3.63) is 22.4 Å². The van der Waals surface area contributed by atoms with Gasteiger partial charge < -0.3 is 29.4 Å². The normalized spacial score (nSPS) is 22.4. The molecule has 1 N–H and O–H groups in total. The van der Waals surface area contributed by atoms with Crippen LogP contribution in [0.4, 0.5) is 4.79 Å². The molecular weight excluding hydrogens is 365 g/mol. The summed E-state index contributed by atoms with van der Waals surface area (Å²) in [5.41, 5.74) is -0.648. The zero-order chi connectivity index (χ0) is 19.6. The zero-order valence-electron chi connectivity index (χ0n) is 17.2. The van der Waals surface area contributed by atoms with Crippen LogP contribution in [0.1, 0.15) is 45.9 Å². The first-order chi connectivity index (χ1) is 11.9. The summed E-state index contributed by atoms with van der Waals surface area (Å²) < 4.78 is 22.1. The molecule has 1 saturated heterocycles. The Morgan fingerprint density at radius 3 is 2.59 bits per heavy atom. The second-order valence-electron chi connectivity index (χ2n) is 7.76. The van der Waals surface area contributed by atoms with Gasteiger partial charge in [-0.2, -0.15) is 0 Å². The number of alkyl carbamates (subject to hydrolysis) is 1. The van der Waals surface area contributed by atoms with Crippen LogP contribution < -0.4 is 29.3 Å². The maximum Gasteiger partial charge on any atom is 1.00 e. The summed E-state index contributed by atoms with van der Waals surface area (Å²) in [7, 11) is 1.37. The van der Waals surface area contributed by atoms with Crippen LogP contribution in [0.3, 0.4) is 0 Å². The van der Waals surface area contributed by atoms with Gasteiger partial charge in [0.25, 0.3) is 0 Å². The number of ether oxygens (including phenoxy) is 4. The molecule has 0 saturated carbocycles. The van der Waals surface area contributed by atoms with Gasteiger partial charge in [-0.1, -0.05) is 6.07 Å². The summed E-state index contributed by atoms with van der Waals surface area (Å²) in [6, 6.07) is 2.88. The fraction of sp³-hybridized carbons (Fsp3) is 0.722. The number of hydrogen-bond acceptors (Lipinski definition) is 7. The van der Waals surface area contributed by atoms with Crippen LogP contribution >= 0.6 is 11.3 Å². The third kappa shape index (κ3) is 7.06. The second-order valence-corrected chi connectivity index (χ2v) is 8.71. The van der Waals surface area contributed by atoms with Crippen LogP contribution in [0, 0.1) is 0 Å². The van der Waals surface area contributed by atoms with Crippen LogP contribution in [-0.2, 0) is 24.7 Å². The van der Waals surface area contributed by atoms with Crippen LogP contribution in [0.25, 0.3) is 0 Å². The predicted molar refractivity (Wildman–Crippen MR) is 95.7 cm³/mol. The number of rotatable bonds is 6. The summed E-state index contributed by atoms with van der Waals surface area (Å²) in [6.07, 6.45) is -1.12. The molecule has 0 aromatic carbocycles. The monoisotopic (exact) mass is 393 g/mol. The minimum atomic E-state index is -1.80. The summed E-state index contributed by atoms with van der Waals surface area (Å²) in [6.45, 7) is 9.17. The fourth-order valence-corrected chi connectivity index (χ4v) is 3.52. The number of carbonyl (C=O) groups excluding carboxylic acids is 1. The van der Waals surface area contributed by atoms with Gasteiger partial charge in [0, 0.05) is 17.8 Å². The first kappa shape index (κ1) is 24.4. The van der Waals surface area contributed by atoms with Gasteiger partial charge in [0.05, 0.1) is 12.6 Å². The van der Waals surface area contributed by atoms with Crippen molar-refractivity contribution in [2.45, 2.75) is 70.4 Å². The number of hydrogen-bond donors (Lipinski definition) is 1. The predicted octanol–water partition coefficient (Wildman–Crippen LogP) is -0.653. The van der Waals surface area contributed by atoms with E-state index >= 15 is 0 Å². The van der Waals surface area contributed by atoms with Gasteiger partial charge in [0.2, 0.25) is 0 Å². The molecule has 1 aromatic heterocycles. The van der Waals surface area contributed by atoms with Crippen LogP contribution in [0.15, 0.2) is 17.5 Å². The van der Waals surface area contributed by atoms with Crippen molar-refractivity contribution < 1.29 is 47.7 Å². The Balaban J connectivity index is 0.00000364. The first-order valence-corrected chi connectivity index (χ1v) is 9.43. The number of thiophene rings is 1. The molecular formula is C18H28LiNO6S. The third-order valence-corrected chi connectivity index (χ3v) is 4.89. The SMILES string of the molecule is COC([O-])(CC(NC(=O)OC(C)(C)C)C1COC(C)(C)O1)c1cccs1.[Li+]. The van der Waals surface area contributed by atoms with Crippen molar-refractivity contribution in [3.63, 3.8) is 0 Å². The molecule has 2 heterocycles. The molecule has 27 heavy (non-hydrogen) atoms. The molecule has 0 radical (unpaired) electrons. The number of methoxy groups -OCH3 is 1. The molecule has 0 bridgehead atoms. The summed E-state index contributed by atoms with van der Waals surface area (Å²) in [4.78, 5) is 12.8. The Morgan fingerprint density at radius 2 is 2.15 bits per heavy atom. The van der Waals surface area contributed by atoms with Crippen molar-refractivity contribution in [1.29, 1.82) is 0 Å². The average molecular weight is 393 g/mol. The van der Waals surface area contributed by atoms with E-state index in [1.165, 1.54) is 18.4 Å². The molecule has 1 aromatic rings. The topological polar surface area (TPSA) is 89.1 Å². The van der Waals surface area contributed by atoms with Gasteiger partial charge in [-0.25, -0.2) is 4.79 Å². The second kappa shape index (κ2) is 9.27. The molecule has 1 aliphatic rings. The average Bonchev–Trinajstić information content (AvgIpc) is 3.14. The molecule has 1 fully saturated rings. The minimum Gasteiger partial charge on any atom is -0.824 e. The van der Waals surface area contributed by atoms with E-state index in [-0.39, 0.29) is 31.9 Å². The Hall–Kier alpha value is -0.593. The largest absolute Gasteiger partial charge is 1.00 e. The summed E-state index contributed by atoms with van der Waals surface area (Å²) in [5.74, 6) is -2.58. The Bertz CT molecular complexity index is 603. The van der Waals surface area contributed by atoms with E-state index in [1.54, 1.807) is 46.8 Å². The number of carbonyl (C=O) groups is 1. The first-order valence-electron chi connectivity index (χ1n) is 8.55. The summed E-state index contributed by atoms with van der Waals surface area (Å²) in [5, 5.41) is 17.8. The third-order valence-electron chi connectivity index (χ3n) is 3.90. The summed E-state index contributed by atoms with van der Waals surface area (Å²) >= 11 is 1.31. The molecule has 1 amide bonds. The number of nitrogens with one attached hydrogen (secondary N) is 1. The fourth-order valence-electron chi connectivity index (χ4n) is 2.72. The zero-order valence-corrected chi connectivity index (χ0v) is 18.0. The van der Waals surface area contributed by atoms with Crippen molar-refractivity contribution in [3.8, 4) is 0 Å². The quantitative estimate of drug-likeness (QED) is 0.510. The Morgan fingerprint density at radius 1 is 1.48 bits per heavy atom. The van der Waals surface area contributed by atoms with Crippen LogP contribution in [0.2, 0.25) is 0 Å². The van der Waals surface area contributed by atoms with E-state index in [2.05, 4.69) is 5.32 Å². The van der Waals surface area contributed by atoms with Crippen molar-refractivity contribution in [1.82, 2.24) is 5.32 Å². The van der Waals surface area contributed by atoms with Gasteiger partial charge >= 0.3 is 25.0 Å². The van der Waals surface area contributed by atoms with Gasteiger partial charge in [0.15, 0.2) is 5.79 Å². The van der Waals surface area contributed by atoms with Gasteiger partial charge in [0.1, 0.15) is 11.7 Å². The van der Waals surface area contributed by atoms with E-state index in [9.17, 15) is 9.90 Å². The van der Waals surface area contributed by atoms with Gasteiger partial charge in [-0.3, -0.25) is 0 Å². The molecule has 148 valence electrons. The van der Waals surface area contributed by atoms with E-state index in [0.29, 0.717) is 4.88 Å². The van der Waals surface area contributed by atoms with E-state index in [0.717, 1.165) is 0 Å². The number of amides is 1. The van der Waals surface area contributed by atoms with Crippen LogP contribution in [0.5, 0.6) is 0 Å². The molecule has 3 atom stereocenters. The molecule has 0 aliphatic carbocycles. The molecule has 3 unspecified atom stereocenters. The van der Waals surface area contributed by atoms with E-state index in [1.807, 2.05) is 5.38 Å². The van der Waals surface area contributed by atoms with Gasteiger partial charge in [-0.05, 0) is 52.5 Å². The molecule has 2 rings (SSSR count). The molecule has 1 aliphatic heterocycles. The standard InChI is InChI=1S/C18H28NO6S.Li/c1-16(2,3)25-15(20)19-12(13-11-23-17(4,5)24-13)10-18(21,22-6)14-8-7-9-26-14;/h7-9,12-13H,10-11H2,1-6H3,(H,19,20);/q-1;+1. The molecule has 7 nitrogen and oxygen atoms in total. The van der Waals surface area contributed by atoms with Crippen molar-refractivity contribution in [2.75, 3.05) is 13.7 Å². The maximum atomic E-state index is 13.2. The minimum absolute atomic E-state index is 0. The van der Waals surface area contributed by atoms with Crippen molar-refractivity contribution >= 4 is 17.4 Å². The van der Waals surface area contributed by atoms with E-state index in [4.69, 9.17) is 18.9 Å². The van der Waals surface area contributed by atoms with Crippen molar-refractivity contribution in [2.24, 2.45) is 0 Å². The Labute approximate surface area is 176 Å². The molecule has 0 spiro atoms. The molecule has 9 heteroatoms. The maximum absolute atomic E-state index is 13.2.